The fourth-order valence-corrected chi connectivity index (χ4v) is 3.57. The van der Waals surface area contributed by atoms with Crippen LogP contribution in [0.2, 0.25) is 5.02 Å². The Labute approximate surface area is 151 Å². The predicted octanol–water partition coefficient (Wildman–Crippen LogP) is 4.98. The summed E-state index contributed by atoms with van der Waals surface area (Å²) in [5.74, 6) is 0.381. The third-order valence-corrected chi connectivity index (χ3v) is 4.97. The van der Waals surface area contributed by atoms with Gasteiger partial charge in [-0.1, -0.05) is 39.7 Å². The highest BCUT2D eigenvalue weighted by molar-refractivity contribution is 9.10. The lowest BCUT2D eigenvalue weighted by atomic mass is 9.93. The van der Waals surface area contributed by atoms with E-state index in [1.165, 1.54) is 12.4 Å². The third kappa shape index (κ3) is 2.80. The van der Waals surface area contributed by atoms with Crippen molar-refractivity contribution < 1.29 is 4.39 Å². The summed E-state index contributed by atoms with van der Waals surface area (Å²) < 4.78 is 17.0. The van der Waals surface area contributed by atoms with E-state index in [0.29, 0.717) is 23.0 Å². The van der Waals surface area contributed by atoms with Crippen LogP contribution in [0.4, 0.5) is 10.3 Å². The summed E-state index contributed by atoms with van der Waals surface area (Å²) in [5, 5.41) is 8.31. The topological polar surface area (TPSA) is 42.7 Å². The molecule has 0 spiro atoms. The highest BCUT2D eigenvalue weighted by Gasteiger charge is 2.31. The Morgan fingerprint density at radius 2 is 2.00 bits per heavy atom. The van der Waals surface area contributed by atoms with Crippen LogP contribution in [0, 0.1) is 5.82 Å². The summed E-state index contributed by atoms with van der Waals surface area (Å²) in [5.41, 5.74) is 1.67. The van der Waals surface area contributed by atoms with E-state index in [1.54, 1.807) is 16.8 Å². The summed E-state index contributed by atoms with van der Waals surface area (Å²) in [7, 11) is 0. The maximum absolute atomic E-state index is 14.4. The van der Waals surface area contributed by atoms with Gasteiger partial charge in [-0.15, -0.1) is 0 Å². The first kappa shape index (κ1) is 15.6. The second-order valence-corrected chi connectivity index (χ2v) is 7.05. The van der Waals surface area contributed by atoms with Crippen LogP contribution in [0.5, 0.6) is 0 Å². The average Bonchev–Trinajstić information content (AvgIpc) is 3.05. The Morgan fingerprint density at radius 3 is 2.79 bits per heavy atom. The van der Waals surface area contributed by atoms with E-state index in [4.69, 9.17) is 11.6 Å². The molecular weight excluding hydrogens is 395 g/mol. The van der Waals surface area contributed by atoms with Gasteiger partial charge in [-0.3, -0.25) is 0 Å². The Bertz CT molecular complexity index is 881. The number of rotatable bonds is 2. The van der Waals surface area contributed by atoms with Gasteiger partial charge in [0, 0.05) is 15.1 Å². The van der Waals surface area contributed by atoms with Crippen molar-refractivity contribution in [3.63, 3.8) is 0 Å². The van der Waals surface area contributed by atoms with Crippen molar-refractivity contribution in [1.82, 2.24) is 14.8 Å². The van der Waals surface area contributed by atoms with Crippen molar-refractivity contribution in [2.24, 2.45) is 0 Å². The maximum atomic E-state index is 14.4. The molecule has 0 aliphatic carbocycles. The molecule has 0 saturated carbocycles. The second-order valence-electron chi connectivity index (χ2n) is 5.69. The molecule has 4 nitrogen and oxygen atoms in total. The van der Waals surface area contributed by atoms with Crippen LogP contribution in [0.25, 0.3) is 0 Å². The van der Waals surface area contributed by atoms with Crippen LogP contribution in [-0.4, -0.2) is 14.8 Å². The molecule has 2 aromatic carbocycles. The van der Waals surface area contributed by atoms with Crippen LogP contribution in [0.15, 0.2) is 53.3 Å². The van der Waals surface area contributed by atoms with Gasteiger partial charge in [0.05, 0.1) is 12.1 Å². The number of halogens is 3. The number of hydrogen-bond donors (Lipinski definition) is 1. The molecule has 1 aromatic heterocycles. The minimum atomic E-state index is -0.249. The molecule has 122 valence electrons. The molecule has 4 rings (SSSR count). The Morgan fingerprint density at radius 1 is 1.21 bits per heavy atom. The molecule has 1 aliphatic rings. The molecule has 3 aromatic rings. The van der Waals surface area contributed by atoms with Crippen molar-refractivity contribution >= 4 is 33.5 Å². The lowest BCUT2D eigenvalue weighted by Crippen LogP contribution is -2.28. The minimum absolute atomic E-state index is 0.00217. The summed E-state index contributed by atoms with van der Waals surface area (Å²) >= 11 is 9.39. The fraction of sp³-hybridized carbons (Fsp3) is 0.176. The van der Waals surface area contributed by atoms with Crippen molar-refractivity contribution in [3.8, 4) is 0 Å². The van der Waals surface area contributed by atoms with Crippen molar-refractivity contribution in [1.29, 1.82) is 0 Å². The highest BCUT2D eigenvalue weighted by atomic mass is 79.9. The molecule has 0 bridgehead atoms. The quantitative estimate of drug-likeness (QED) is 0.651. The van der Waals surface area contributed by atoms with Gasteiger partial charge in [-0.25, -0.2) is 9.07 Å². The van der Waals surface area contributed by atoms with E-state index in [-0.39, 0.29) is 17.9 Å². The van der Waals surface area contributed by atoms with Crippen LogP contribution in [-0.2, 0) is 0 Å². The van der Waals surface area contributed by atoms with Crippen LogP contribution >= 0.6 is 27.5 Å². The number of aromatic nitrogens is 3. The van der Waals surface area contributed by atoms with Gasteiger partial charge in [0.15, 0.2) is 0 Å². The standard InChI is InChI=1S/C17H13BrClFN4/c18-11-3-6-14(20)13(7-11)16-8-15(10-1-4-12(19)5-2-10)23-17-21-9-22-24(16)17/h1-7,9,15-16H,8H2,(H,21,22,23). The molecular formula is C17H13BrClFN4. The molecule has 0 radical (unpaired) electrons. The molecule has 24 heavy (non-hydrogen) atoms. The lowest BCUT2D eigenvalue weighted by Gasteiger charge is -2.32. The normalized spacial score (nSPS) is 19.6. The van der Waals surface area contributed by atoms with Gasteiger partial charge in [0.1, 0.15) is 12.1 Å². The Kier molecular flexibility index (Phi) is 4.02. The average molecular weight is 408 g/mol. The van der Waals surface area contributed by atoms with Crippen molar-refractivity contribution in [2.45, 2.75) is 18.5 Å². The maximum Gasteiger partial charge on any atom is 0.222 e. The van der Waals surface area contributed by atoms with E-state index < -0.39 is 0 Å². The zero-order valence-corrected chi connectivity index (χ0v) is 14.8. The van der Waals surface area contributed by atoms with Gasteiger partial charge >= 0.3 is 0 Å². The van der Waals surface area contributed by atoms with E-state index in [9.17, 15) is 4.39 Å². The zero-order valence-electron chi connectivity index (χ0n) is 12.5. The number of anilines is 1. The first-order valence-electron chi connectivity index (χ1n) is 7.48. The van der Waals surface area contributed by atoms with Crippen molar-refractivity contribution in [2.75, 3.05) is 5.32 Å². The van der Waals surface area contributed by atoms with E-state index in [1.807, 2.05) is 24.3 Å². The molecule has 1 N–H and O–H groups in total. The second kappa shape index (κ2) is 6.18. The van der Waals surface area contributed by atoms with E-state index >= 15 is 0 Å². The van der Waals surface area contributed by atoms with Gasteiger partial charge in [-0.2, -0.15) is 10.1 Å². The van der Waals surface area contributed by atoms with Crippen LogP contribution in [0.3, 0.4) is 0 Å². The van der Waals surface area contributed by atoms with Crippen LogP contribution < -0.4 is 5.32 Å². The number of benzene rings is 2. The summed E-state index contributed by atoms with van der Waals surface area (Å²) in [6, 6.07) is 12.4. The molecule has 0 saturated heterocycles. The molecule has 2 atom stereocenters. The summed E-state index contributed by atoms with van der Waals surface area (Å²) in [6.45, 7) is 0. The van der Waals surface area contributed by atoms with Gasteiger partial charge in [0.25, 0.3) is 0 Å². The van der Waals surface area contributed by atoms with Crippen molar-refractivity contribution in [3.05, 3.63) is 75.2 Å². The van der Waals surface area contributed by atoms with Gasteiger partial charge in [-0.05, 0) is 42.3 Å². The van der Waals surface area contributed by atoms with Gasteiger partial charge in [0.2, 0.25) is 5.95 Å². The molecule has 0 fully saturated rings. The lowest BCUT2D eigenvalue weighted by molar-refractivity contribution is 0.415. The molecule has 0 amide bonds. The number of fused-ring (bicyclic) bond motifs is 1. The van der Waals surface area contributed by atoms with Crippen LogP contribution in [0.1, 0.15) is 29.6 Å². The fourth-order valence-electron chi connectivity index (χ4n) is 3.06. The van der Waals surface area contributed by atoms with E-state index in [2.05, 4.69) is 31.3 Å². The first-order valence-corrected chi connectivity index (χ1v) is 8.65. The number of nitrogens with one attached hydrogen (secondary N) is 1. The monoisotopic (exact) mass is 406 g/mol. The first-order chi connectivity index (χ1) is 11.6. The molecule has 7 heteroatoms. The zero-order chi connectivity index (χ0) is 16.7. The Balaban J connectivity index is 1.76. The van der Waals surface area contributed by atoms with E-state index in [0.717, 1.165) is 10.0 Å². The molecule has 1 aliphatic heterocycles. The SMILES string of the molecule is Fc1ccc(Br)cc1C1CC(c2ccc(Cl)cc2)Nc2ncnn21. The summed E-state index contributed by atoms with van der Waals surface area (Å²) in [6.07, 6.45) is 2.14. The Hall–Kier alpha value is -1.92. The highest BCUT2D eigenvalue weighted by Crippen LogP contribution is 2.38. The number of hydrogen-bond acceptors (Lipinski definition) is 3. The number of nitrogens with zero attached hydrogens (tertiary/aromatic N) is 3. The smallest absolute Gasteiger partial charge is 0.222 e. The molecule has 2 heterocycles. The largest absolute Gasteiger partial charge is 0.348 e. The van der Waals surface area contributed by atoms with Gasteiger partial charge < -0.3 is 5.32 Å². The summed E-state index contributed by atoms with van der Waals surface area (Å²) in [4.78, 5) is 4.26. The third-order valence-electron chi connectivity index (χ3n) is 4.22. The minimum Gasteiger partial charge on any atom is -0.348 e. The molecule has 2 unspecified atom stereocenters. The predicted molar refractivity (Wildman–Crippen MR) is 94.7 cm³/mol.